The summed E-state index contributed by atoms with van der Waals surface area (Å²) in [7, 11) is 0. The fourth-order valence-electron chi connectivity index (χ4n) is 1.81. The molecule has 1 N–H and O–H groups in total. The van der Waals surface area contributed by atoms with Crippen LogP contribution < -0.4 is 22.5 Å². The van der Waals surface area contributed by atoms with Gasteiger partial charge in [-0.15, -0.1) is 0 Å². The Bertz CT molecular complexity index is 370. The Balaban J connectivity index is 0.00000162. The third kappa shape index (κ3) is 4.82. The summed E-state index contributed by atoms with van der Waals surface area (Å²) in [6, 6.07) is 5.29. The van der Waals surface area contributed by atoms with E-state index in [9.17, 15) is 0 Å². The molecular formula is C12H16Cl3N2O-. The van der Waals surface area contributed by atoms with Crippen LogP contribution in [0.4, 0.5) is 0 Å². The first-order valence-electron chi connectivity index (χ1n) is 5.76. The van der Waals surface area contributed by atoms with Gasteiger partial charge in [0.05, 0.1) is 5.02 Å². The molecule has 2 rings (SSSR count). The van der Waals surface area contributed by atoms with Gasteiger partial charge in [0.1, 0.15) is 12.4 Å². The van der Waals surface area contributed by atoms with Crippen molar-refractivity contribution in [3.8, 4) is 5.75 Å². The van der Waals surface area contributed by atoms with Gasteiger partial charge in [-0.05, 0) is 18.2 Å². The maximum Gasteiger partial charge on any atom is 0.138 e. The third-order valence-electron chi connectivity index (χ3n) is 2.77. The highest BCUT2D eigenvalue weighted by Crippen LogP contribution is 2.27. The van der Waals surface area contributed by atoms with Crippen molar-refractivity contribution in [1.82, 2.24) is 10.2 Å². The molecule has 0 bridgehead atoms. The lowest BCUT2D eigenvalue weighted by atomic mass is 10.3. The van der Waals surface area contributed by atoms with Crippen molar-refractivity contribution in [2.45, 2.75) is 0 Å². The first-order valence-corrected chi connectivity index (χ1v) is 6.52. The van der Waals surface area contributed by atoms with Crippen LogP contribution in [0, 0.1) is 0 Å². The van der Waals surface area contributed by atoms with Crippen LogP contribution in [0.25, 0.3) is 0 Å². The highest BCUT2D eigenvalue weighted by molar-refractivity contribution is 6.35. The van der Waals surface area contributed by atoms with Crippen molar-refractivity contribution >= 4 is 23.2 Å². The number of nitrogens with one attached hydrogen (secondary N) is 1. The number of nitrogens with zero attached hydrogens (tertiary/aromatic N) is 1. The maximum absolute atomic E-state index is 6.02. The molecule has 0 radical (unpaired) electrons. The zero-order chi connectivity index (χ0) is 12.1. The molecule has 0 saturated carbocycles. The van der Waals surface area contributed by atoms with Crippen molar-refractivity contribution in [3.05, 3.63) is 28.2 Å². The molecule has 3 nitrogen and oxygen atoms in total. The second-order valence-electron chi connectivity index (χ2n) is 4.01. The van der Waals surface area contributed by atoms with E-state index in [1.807, 2.05) is 6.07 Å². The van der Waals surface area contributed by atoms with E-state index >= 15 is 0 Å². The van der Waals surface area contributed by atoms with E-state index in [1.54, 1.807) is 12.1 Å². The van der Waals surface area contributed by atoms with Crippen LogP contribution in [0.1, 0.15) is 0 Å². The molecule has 0 spiro atoms. The van der Waals surface area contributed by atoms with E-state index < -0.39 is 0 Å². The van der Waals surface area contributed by atoms with E-state index in [2.05, 4.69) is 10.2 Å². The Morgan fingerprint density at radius 2 is 1.94 bits per heavy atom. The van der Waals surface area contributed by atoms with Gasteiger partial charge in [-0.25, -0.2) is 0 Å². The van der Waals surface area contributed by atoms with Crippen LogP contribution >= 0.6 is 23.2 Å². The Morgan fingerprint density at radius 1 is 1.22 bits per heavy atom. The summed E-state index contributed by atoms with van der Waals surface area (Å²) in [6.07, 6.45) is 0. The molecule has 1 fully saturated rings. The molecule has 1 aromatic rings. The van der Waals surface area contributed by atoms with E-state index in [-0.39, 0.29) is 12.4 Å². The van der Waals surface area contributed by atoms with Crippen LogP contribution in [0.2, 0.25) is 10.0 Å². The lowest BCUT2D eigenvalue weighted by Gasteiger charge is -2.26. The summed E-state index contributed by atoms with van der Waals surface area (Å²) in [4.78, 5) is 2.38. The zero-order valence-corrected chi connectivity index (χ0v) is 12.2. The fraction of sp³-hybridized carbons (Fsp3) is 0.500. The van der Waals surface area contributed by atoms with Crippen molar-refractivity contribution in [3.63, 3.8) is 0 Å². The SMILES string of the molecule is Clc1ccc(OCCN2CCNCC2)c(Cl)c1.[Cl-]. The summed E-state index contributed by atoms with van der Waals surface area (Å²) in [5.74, 6) is 0.700. The Labute approximate surface area is 124 Å². The van der Waals surface area contributed by atoms with E-state index in [4.69, 9.17) is 27.9 Å². The first-order chi connectivity index (χ1) is 8.25. The molecule has 1 aliphatic heterocycles. The van der Waals surface area contributed by atoms with Crippen molar-refractivity contribution in [2.24, 2.45) is 0 Å². The lowest BCUT2D eigenvalue weighted by Crippen LogP contribution is -3.00. The minimum Gasteiger partial charge on any atom is -1.00 e. The van der Waals surface area contributed by atoms with Crippen LogP contribution in [0.15, 0.2) is 18.2 Å². The molecule has 18 heavy (non-hydrogen) atoms. The summed E-state index contributed by atoms with van der Waals surface area (Å²) in [5.41, 5.74) is 0. The molecule has 0 unspecified atom stereocenters. The molecule has 1 aromatic carbocycles. The fourth-order valence-corrected chi connectivity index (χ4v) is 2.27. The van der Waals surface area contributed by atoms with E-state index in [0.29, 0.717) is 22.4 Å². The predicted octanol–water partition coefficient (Wildman–Crippen LogP) is -0.719. The maximum atomic E-state index is 6.02. The average Bonchev–Trinajstić information content (AvgIpc) is 2.33. The minimum absolute atomic E-state index is 0. The van der Waals surface area contributed by atoms with Crippen LogP contribution in [0.5, 0.6) is 5.75 Å². The van der Waals surface area contributed by atoms with Gasteiger partial charge in [-0.1, -0.05) is 23.2 Å². The van der Waals surface area contributed by atoms with Gasteiger partial charge in [0.25, 0.3) is 0 Å². The topological polar surface area (TPSA) is 24.5 Å². The number of rotatable bonds is 4. The molecule has 0 amide bonds. The summed E-state index contributed by atoms with van der Waals surface area (Å²) in [6.45, 7) is 5.86. The number of piperazine rings is 1. The number of halogens is 3. The summed E-state index contributed by atoms with van der Waals surface area (Å²) >= 11 is 11.8. The average molecular weight is 311 g/mol. The van der Waals surface area contributed by atoms with Gasteiger partial charge in [-0.2, -0.15) is 0 Å². The molecule has 1 saturated heterocycles. The number of hydrogen-bond acceptors (Lipinski definition) is 3. The molecule has 0 aromatic heterocycles. The highest BCUT2D eigenvalue weighted by Gasteiger charge is 2.09. The van der Waals surface area contributed by atoms with Crippen molar-refractivity contribution in [1.29, 1.82) is 0 Å². The van der Waals surface area contributed by atoms with Crippen LogP contribution in [-0.4, -0.2) is 44.2 Å². The lowest BCUT2D eigenvalue weighted by molar-refractivity contribution is -0.00000381. The molecule has 1 heterocycles. The largest absolute Gasteiger partial charge is 1.00 e. The smallest absolute Gasteiger partial charge is 0.138 e. The van der Waals surface area contributed by atoms with Gasteiger partial charge in [-0.3, -0.25) is 4.90 Å². The second kappa shape index (κ2) is 8.08. The van der Waals surface area contributed by atoms with Crippen LogP contribution in [0.3, 0.4) is 0 Å². The van der Waals surface area contributed by atoms with Crippen molar-refractivity contribution in [2.75, 3.05) is 39.3 Å². The van der Waals surface area contributed by atoms with Gasteiger partial charge >= 0.3 is 0 Å². The molecule has 1 aliphatic rings. The molecule has 0 atom stereocenters. The normalized spacial score (nSPS) is 16.1. The first kappa shape index (κ1) is 15.9. The number of hydrogen-bond donors (Lipinski definition) is 1. The number of benzene rings is 1. The molecular weight excluding hydrogens is 295 g/mol. The van der Waals surface area contributed by atoms with E-state index in [1.165, 1.54) is 0 Å². The van der Waals surface area contributed by atoms with Crippen molar-refractivity contribution < 1.29 is 17.1 Å². The van der Waals surface area contributed by atoms with Crippen LogP contribution in [-0.2, 0) is 0 Å². The van der Waals surface area contributed by atoms with Gasteiger partial charge < -0.3 is 22.5 Å². The van der Waals surface area contributed by atoms with E-state index in [0.717, 1.165) is 32.7 Å². The Morgan fingerprint density at radius 3 is 2.61 bits per heavy atom. The summed E-state index contributed by atoms with van der Waals surface area (Å²) < 4.78 is 5.64. The molecule has 102 valence electrons. The molecule has 0 aliphatic carbocycles. The Hall–Kier alpha value is -0.190. The number of ether oxygens (including phenoxy) is 1. The zero-order valence-electron chi connectivity index (χ0n) is 9.96. The minimum atomic E-state index is 0. The molecule has 6 heteroatoms. The monoisotopic (exact) mass is 309 g/mol. The third-order valence-corrected chi connectivity index (χ3v) is 3.30. The highest BCUT2D eigenvalue weighted by atomic mass is 35.5. The van der Waals surface area contributed by atoms with Gasteiger partial charge in [0, 0.05) is 37.7 Å². The second-order valence-corrected chi connectivity index (χ2v) is 4.86. The quantitative estimate of drug-likeness (QED) is 0.794. The Kier molecular flexibility index (Phi) is 7.12. The van der Waals surface area contributed by atoms with Gasteiger partial charge in [0.15, 0.2) is 0 Å². The predicted molar refractivity (Wildman–Crippen MR) is 71.3 cm³/mol. The standard InChI is InChI=1S/C12H16Cl2N2O.ClH/c13-10-1-2-12(11(14)9-10)17-8-7-16-5-3-15-4-6-16;/h1-2,9,15H,3-8H2;1H/p-1. The van der Waals surface area contributed by atoms with Gasteiger partial charge in [0.2, 0.25) is 0 Å². The summed E-state index contributed by atoms with van der Waals surface area (Å²) in [5, 5.41) is 4.52.